The Balaban J connectivity index is 2.34. The molecule has 1 heterocycles. The van der Waals surface area contributed by atoms with Crippen LogP contribution in [-0.4, -0.2) is 50.3 Å². The van der Waals surface area contributed by atoms with Crippen molar-refractivity contribution in [1.82, 2.24) is 4.90 Å². The highest BCUT2D eigenvalue weighted by Gasteiger charge is 2.26. The third-order valence-corrected chi connectivity index (χ3v) is 2.34. The first-order valence-electron chi connectivity index (χ1n) is 5.09. The van der Waals surface area contributed by atoms with Crippen molar-refractivity contribution < 1.29 is 14.3 Å². The first-order chi connectivity index (χ1) is 7.27. The zero-order valence-corrected chi connectivity index (χ0v) is 9.28. The minimum Gasteiger partial charge on any atom is -0.467 e. The van der Waals surface area contributed by atoms with E-state index in [9.17, 15) is 4.79 Å². The van der Waals surface area contributed by atoms with Gasteiger partial charge in [0.2, 0.25) is 0 Å². The molecule has 1 rings (SSSR count). The standard InChI is InChI=1S/C11H17NO3/c1-3-4-5-6-12-7-8-15-10(9-12)11(13)14-2/h10H,5-9H2,1-2H3. The minimum atomic E-state index is -0.432. The molecule has 15 heavy (non-hydrogen) atoms. The number of methoxy groups -OCH3 is 1. The van der Waals surface area contributed by atoms with Crippen molar-refractivity contribution in [2.75, 3.05) is 33.4 Å². The summed E-state index contributed by atoms with van der Waals surface area (Å²) in [6.45, 7) is 4.77. The molecule has 1 unspecified atom stereocenters. The number of esters is 1. The number of carbonyl (C=O) groups is 1. The number of ether oxygens (including phenoxy) is 2. The van der Waals surface area contributed by atoms with E-state index in [1.54, 1.807) is 0 Å². The lowest BCUT2D eigenvalue weighted by molar-refractivity contribution is -0.159. The van der Waals surface area contributed by atoms with E-state index in [-0.39, 0.29) is 5.97 Å². The summed E-state index contributed by atoms with van der Waals surface area (Å²) in [6, 6.07) is 0. The van der Waals surface area contributed by atoms with Crippen molar-refractivity contribution in [3.05, 3.63) is 0 Å². The van der Waals surface area contributed by atoms with Crippen LogP contribution in [0.4, 0.5) is 0 Å². The Hall–Kier alpha value is -1.05. The molecule has 1 aliphatic heterocycles. The summed E-state index contributed by atoms with van der Waals surface area (Å²) in [4.78, 5) is 13.4. The molecule has 0 N–H and O–H groups in total. The van der Waals surface area contributed by atoms with Crippen LogP contribution in [0.2, 0.25) is 0 Å². The highest BCUT2D eigenvalue weighted by atomic mass is 16.6. The van der Waals surface area contributed by atoms with E-state index >= 15 is 0 Å². The van der Waals surface area contributed by atoms with Crippen LogP contribution in [-0.2, 0) is 14.3 Å². The third kappa shape index (κ3) is 3.90. The van der Waals surface area contributed by atoms with Crippen molar-refractivity contribution in [2.45, 2.75) is 19.4 Å². The van der Waals surface area contributed by atoms with E-state index < -0.39 is 6.10 Å². The topological polar surface area (TPSA) is 38.8 Å². The fourth-order valence-corrected chi connectivity index (χ4v) is 1.52. The van der Waals surface area contributed by atoms with Crippen molar-refractivity contribution in [1.29, 1.82) is 0 Å². The van der Waals surface area contributed by atoms with Gasteiger partial charge in [-0.3, -0.25) is 4.90 Å². The van der Waals surface area contributed by atoms with Crippen molar-refractivity contribution in [3.63, 3.8) is 0 Å². The molecule has 4 heteroatoms. The molecule has 0 spiro atoms. The molecule has 1 fully saturated rings. The van der Waals surface area contributed by atoms with Crippen LogP contribution in [0, 0.1) is 11.8 Å². The van der Waals surface area contributed by atoms with Crippen LogP contribution >= 0.6 is 0 Å². The normalized spacial score (nSPS) is 21.6. The second-order valence-electron chi connectivity index (χ2n) is 3.36. The maximum absolute atomic E-state index is 11.2. The highest BCUT2D eigenvalue weighted by Crippen LogP contribution is 2.06. The van der Waals surface area contributed by atoms with E-state index in [0.29, 0.717) is 13.2 Å². The van der Waals surface area contributed by atoms with Gasteiger partial charge in [0.1, 0.15) is 0 Å². The van der Waals surface area contributed by atoms with Gasteiger partial charge in [0.25, 0.3) is 0 Å². The smallest absolute Gasteiger partial charge is 0.336 e. The lowest BCUT2D eigenvalue weighted by Crippen LogP contribution is -2.46. The molecule has 1 aliphatic rings. The van der Waals surface area contributed by atoms with Gasteiger partial charge in [-0.2, -0.15) is 0 Å². The zero-order valence-electron chi connectivity index (χ0n) is 9.28. The Kier molecular flexibility index (Phi) is 5.16. The predicted molar refractivity (Wildman–Crippen MR) is 56.3 cm³/mol. The Morgan fingerprint density at radius 1 is 1.67 bits per heavy atom. The van der Waals surface area contributed by atoms with Crippen LogP contribution in [0.3, 0.4) is 0 Å². The second-order valence-corrected chi connectivity index (χ2v) is 3.36. The Bertz CT molecular complexity index is 267. The molecular formula is C11H17NO3. The van der Waals surface area contributed by atoms with Gasteiger partial charge in [0.05, 0.1) is 13.7 Å². The summed E-state index contributed by atoms with van der Waals surface area (Å²) < 4.78 is 9.96. The molecule has 0 saturated carbocycles. The van der Waals surface area contributed by atoms with Crippen LogP contribution in [0.15, 0.2) is 0 Å². The highest BCUT2D eigenvalue weighted by molar-refractivity contribution is 5.74. The van der Waals surface area contributed by atoms with Crippen LogP contribution < -0.4 is 0 Å². The Morgan fingerprint density at radius 3 is 3.13 bits per heavy atom. The Morgan fingerprint density at radius 2 is 2.47 bits per heavy atom. The van der Waals surface area contributed by atoms with Gasteiger partial charge in [0.15, 0.2) is 6.10 Å². The molecule has 0 aliphatic carbocycles. The molecule has 1 atom stereocenters. The molecule has 0 aromatic rings. The number of nitrogens with zero attached hydrogens (tertiary/aromatic N) is 1. The largest absolute Gasteiger partial charge is 0.467 e. The summed E-state index contributed by atoms with van der Waals surface area (Å²) in [5.41, 5.74) is 0. The molecule has 0 amide bonds. The van der Waals surface area contributed by atoms with E-state index in [0.717, 1.165) is 19.5 Å². The Labute approximate surface area is 90.5 Å². The lowest BCUT2D eigenvalue weighted by Gasteiger charge is -2.30. The molecular weight excluding hydrogens is 194 g/mol. The van der Waals surface area contributed by atoms with Crippen LogP contribution in [0.25, 0.3) is 0 Å². The molecule has 0 aromatic carbocycles. The van der Waals surface area contributed by atoms with Gasteiger partial charge in [-0.15, -0.1) is 11.8 Å². The molecule has 1 saturated heterocycles. The minimum absolute atomic E-state index is 0.290. The number of hydrogen-bond donors (Lipinski definition) is 0. The summed E-state index contributed by atoms with van der Waals surface area (Å²) in [6.07, 6.45) is 0.406. The SMILES string of the molecule is CC#CCCN1CCOC(C(=O)OC)C1. The summed E-state index contributed by atoms with van der Waals surface area (Å²) in [5, 5.41) is 0. The molecule has 84 valence electrons. The number of rotatable bonds is 3. The monoisotopic (exact) mass is 211 g/mol. The average Bonchev–Trinajstić information content (AvgIpc) is 2.29. The first kappa shape index (κ1) is 12.0. The zero-order chi connectivity index (χ0) is 11.1. The quantitative estimate of drug-likeness (QED) is 0.496. The van der Waals surface area contributed by atoms with Gasteiger partial charge in [-0.05, 0) is 6.92 Å². The van der Waals surface area contributed by atoms with Crippen molar-refractivity contribution >= 4 is 5.97 Å². The van der Waals surface area contributed by atoms with E-state index in [2.05, 4.69) is 21.5 Å². The number of hydrogen-bond acceptors (Lipinski definition) is 4. The molecule has 0 aromatic heterocycles. The average molecular weight is 211 g/mol. The maximum atomic E-state index is 11.2. The van der Waals surface area contributed by atoms with Crippen LogP contribution in [0.1, 0.15) is 13.3 Å². The summed E-state index contributed by atoms with van der Waals surface area (Å²) in [7, 11) is 1.38. The summed E-state index contributed by atoms with van der Waals surface area (Å²) >= 11 is 0. The van der Waals surface area contributed by atoms with E-state index in [1.165, 1.54) is 7.11 Å². The van der Waals surface area contributed by atoms with Gasteiger partial charge in [-0.25, -0.2) is 4.79 Å². The van der Waals surface area contributed by atoms with Gasteiger partial charge >= 0.3 is 5.97 Å². The second kappa shape index (κ2) is 6.44. The van der Waals surface area contributed by atoms with E-state index in [4.69, 9.17) is 4.74 Å². The van der Waals surface area contributed by atoms with Gasteiger partial charge in [-0.1, -0.05) is 0 Å². The molecule has 4 nitrogen and oxygen atoms in total. The van der Waals surface area contributed by atoms with Crippen molar-refractivity contribution in [3.8, 4) is 11.8 Å². The first-order valence-corrected chi connectivity index (χ1v) is 5.09. The van der Waals surface area contributed by atoms with Gasteiger partial charge < -0.3 is 9.47 Å². The molecule has 0 radical (unpaired) electrons. The number of carbonyl (C=O) groups excluding carboxylic acids is 1. The predicted octanol–water partition coefficient (Wildman–Crippen LogP) is 0.274. The molecule has 0 bridgehead atoms. The van der Waals surface area contributed by atoms with E-state index in [1.807, 2.05) is 6.92 Å². The van der Waals surface area contributed by atoms with Gasteiger partial charge in [0, 0.05) is 26.1 Å². The maximum Gasteiger partial charge on any atom is 0.336 e. The summed E-state index contributed by atoms with van der Waals surface area (Å²) in [5.74, 6) is 5.57. The lowest BCUT2D eigenvalue weighted by atomic mass is 10.2. The third-order valence-electron chi connectivity index (χ3n) is 2.34. The van der Waals surface area contributed by atoms with Crippen molar-refractivity contribution in [2.24, 2.45) is 0 Å². The fraction of sp³-hybridized carbons (Fsp3) is 0.727. The van der Waals surface area contributed by atoms with Crippen LogP contribution in [0.5, 0.6) is 0 Å². The number of morpholine rings is 1. The fourth-order valence-electron chi connectivity index (χ4n) is 1.52.